The van der Waals surface area contributed by atoms with Gasteiger partial charge in [-0.05, 0) is 35.2 Å². The lowest BCUT2D eigenvalue weighted by Gasteiger charge is -2.20. The van der Waals surface area contributed by atoms with Crippen LogP contribution in [0.25, 0.3) is 10.8 Å². The Morgan fingerprint density at radius 1 is 1.19 bits per heavy atom. The van der Waals surface area contributed by atoms with Gasteiger partial charge >= 0.3 is 0 Å². The van der Waals surface area contributed by atoms with Gasteiger partial charge in [0.2, 0.25) is 0 Å². The number of nitrogens with one attached hydrogen (secondary N) is 1. The molecule has 0 spiro atoms. The van der Waals surface area contributed by atoms with E-state index in [9.17, 15) is 4.79 Å². The highest BCUT2D eigenvalue weighted by molar-refractivity contribution is 7.99. The van der Waals surface area contributed by atoms with E-state index in [4.69, 9.17) is 10.5 Å². The Morgan fingerprint density at radius 2 is 2.00 bits per heavy atom. The van der Waals surface area contributed by atoms with Crippen LogP contribution in [0.3, 0.4) is 0 Å². The summed E-state index contributed by atoms with van der Waals surface area (Å²) in [5, 5.41) is 1.08. The van der Waals surface area contributed by atoms with E-state index in [1.54, 1.807) is 28.6 Å². The Balaban J connectivity index is 1.78. The van der Waals surface area contributed by atoms with E-state index in [2.05, 4.69) is 4.72 Å². The number of nitrogens with zero attached hydrogens (tertiary/aromatic N) is 1. The molecule has 3 aromatic carbocycles. The Morgan fingerprint density at radius 3 is 2.73 bits per heavy atom. The van der Waals surface area contributed by atoms with Gasteiger partial charge in [-0.15, -0.1) is 0 Å². The van der Waals surface area contributed by atoms with Gasteiger partial charge in [-0.1, -0.05) is 30.3 Å². The lowest BCUT2D eigenvalue weighted by Crippen LogP contribution is -2.17. The predicted molar refractivity (Wildman–Crippen MR) is 102 cm³/mol. The molecule has 0 atom stereocenters. The lowest BCUT2D eigenvalue weighted by atomic mass is 10.1. The number of nitrogen functional groups attached to an aromatic ring is 1. The van der Waals surface area contributed by atoms with Gasteiger partial charge in [-0.25, -0.2) is 4.39 Å². The average molecular weight is 369 g/mol. The van der Waals surface area contributed by atoms with E-state index in [-0.39, 0.29) is 18.1 Å². The van der Waals surface area contributed by atoms with Gasteiger partial charge in [-0.2, -0.15) is 0 Å². The molecule has 7 heteroatoms. The first kappa shape index (κ1) is 16.5. The van der Waals surface area contributed by atoms with Crippen molar-refractivity contribution in [2.75, 3.05) is 16.6 Å². The van der Waals surface area contributed by atoms with Crippen molar-refractivity contribution < 1.29 is 13.9 Å². The van der Waals surface area contributed by atoms with Crippen LogP contribution in [0.2, 0.25) is 0 Å². The summed E-state index contributed by atoms with van der Waals surface area (Å²) in [7, 11) is 0. The highest BCUT2D eigenvalue weighted by Gasteiger charge is 2.28. The van der Waals surface area contributed by atoms with Crippen LogP contribution in [0.5, 0.6) is 5.75 Å². The minimum Gasteiger partial charge on any atom is -0.487 e. The number of ether oxygens (including phenoxy) is 1. The van der Waals surface area contributed by atoms with Crippen molar-refractivity contribution in [3.05, 3.63) is 66.0 Å². The number of carbonyl (C=O) groups is 1. The Labute approximate surface area is 154 Å². The standard InChI is InChI=1S/C19H16FN3O2S/c20-18-15-7-6-14(21)8-13(15)9-16(19(18)23-10-17(24)22-26-23)25-11-12-4-2-1-3-5-12/h1-9H,10-11,21H2,(H,22,24). The maximum absolute atomic E-state index is 15.3. The van der Waals surface area contributed by atoms with Crippen LogP contribution in [-0.4, -0.2) is 12.5 Å². The molecule has 1 aliphatic heterocycles. The number of hydrogen-bond acceptors (Lipinski definition) is 5. The van der Waals surface area contributed by atoms with Crippen molar-refractivity contribution in [3.8, 4) is 5.75 Å². The second-order valence-electron chi connectivity index (χ2n) is 5.95. The molecule has 0 bridgehead atoms. The first-order valence-electron chi connectivity index (χ1n) is 8.03. The number of anilines is 2. The molecular formula is C19H16FN3O2S. The largest absolute Gasteiger partial charge is 0.487 e. The molecule has 0 aromatic heterocycles. The van der Waals surface area contributed by atoms with Crippen molar-refractivity contribution in [2.24, 2.45) is 0 Å². The van der Waals surface area contributed by atoms with E-state index in [1.807, 2.05) is 30.3 Å². The number of hydrogen-bond donors (Lipinski definition) is 2. The molecule has 0 unspecified atom stereocenters. The van der Waals surface area contributed by atoms with Gasteiger partial charge in [0.05, 0.1) is 12.1 Å². The summed E-state index contributed by atoms with van der Waals surface area (Å²) in [6.45, 7) is 0.352. The molecule has 1 fully saturated rings. The molecule has 1 heterocycles. The molecule has 26 heavy (non-hydrogen) atoms. The predicted octanol–water partition coefficient (Wildman–Crippen LogP) is 3.64. The zero-order chi connectivity index (χ0) is 18.1. The van der Waals surface area contributed by atoms with Gasteiger partial charge < -0.3 is 10.5 Å². The fourth-order valence-electron chi connectivity index (χ4n) is 2.85. The molecule has 132 valence electrons. The van der Waals surface area contributed by atoms with Crippen LogP contribution < -0.4 is 19.5 Å². The normalized spacial score (nSPS) is 13.9. The van der Waals surface area contributed by atoms with E-state index >= 15 is 4.39 Å². The highest BCUT2D eigenvalue weighted by Crippen LogP contribution is 2.41. The summed E-state index contributed by atoms with van der Waals surface area (Å²) in [6, 6.07) is 16.4. The smallest absolute Gasteiger partial charge is 0.251 e. The molecule has 5 nitrogen and oxygen atoms in total. The molecule has 1 aliphatic rings. The minimum absolute atomic E-state index is 0.0593. The number of carbonyl (C=O) groups excluding carboxylic acids is 1. The third kappa shape index (κ3) is 3.13. The monoisotopic (exact) mass is 369 g/mol. The molecule has 0 radical (unpaired) electrons. The lowest BCUT2D eigenvalue weighted by molar-refractivity contribution is -0.117. The van der Waals surface area contributed by atoms with Crippen LogP contribution in [0.15, 0.2) is 54.6 Å². The van der Waals surface area contributed by atoms with E-state index in [0.29, 0.717) is 28.8 Å². The number of rotatable bonds is 4. The summed E-state index contributed by atoms with van der Waals surface area (Å²) in [4.78, 5) is 11.6. The van der Waals surface area contributed by atoms with Gasteiger partial charge in [0, 0.05) is 11.1 Å². The van der Waals surface area contributed by atoms with Crippen LogP contribution in [0, 0.1) is 5.82 Å². The zero-order valence-electron chi connectivity index (χ0n) is 13.7. The zero-order valence-corrected chi connectivity index (χ0v) is 14.6. The SMILES string of the molecule is Nc1ccc2c(F)c(N3CC(=O)NS3)c(OCc3ccccc3)cc2c1. The van der Waals surface area contributed by atoms with Crippen molar-refractivity contribution in [1.82, 2.24) is 4.72 Å². The summed E-state index contributed by atoms with van der Waals surface area (Å²) in [6.07, 6.45) is 0. The Bertz CT molecular complexity index is 981. The van der Waals surface area contributed by atoms with E-state index < -0.39 is 5.82 Å². The minimum atomic E-state index is -0.436. The molecule has 1 saturated heterocycles. The summed E-state index contributed by atoms with van der Waals surface area (Å²) >= 11 is 1.05. The summed E-state index contributed by atoms with van der Waals surface area (Å²) in [5.41, 5.74) is 7.60. The topological polar surface area (TPSA) is 67.6 Å². The number of nitrogens with two attached hydrogens (primary N) is 1. The molecule has 3 aromatic rings. The maximum atomic E-state index is 15.3. The number of fused-ring (bicyclic) bond motifs is 1. The fourth-order valence-corrected chi connectivity index (χ4v) is 3.57. The van der Waals surface area contributed by atoms with Crippen molar-refractivity contribution >= 4 is 40.2 Å². The quantitative estimate of drug-likeness (QED) is 0.543. The van der Waals surface area contributed by atoms with Gasteiger partial charge in [-0.3, -0.25) is 13.8 Å². The van der Waals surface area contributed by atoms with Crippen molar-refractivity contribution in [1.29, 1.82) is 0 Å². The first-order chi connectivity index (χ1) is 12.6. The second-order valence-corrected chi connectivity index (χ2v) is 6.77. The third-order valence-corrected chi connectivity index (χ3v) is 4.93. The maximum Gasteiger partial charge on any atom is 0.251 e. The number of benzene rings is 3. The number of amides is 1. The van der Waals surface area contributed by atoms with Crippen LogP contribution in [0.1, 0.15) is 5.56 Å². The molecule has 3 N–H and O–H groups in total. The fraction of sp³-hybridized carbons (Fsp3) is 0.105. The summed E-state index contributed by atoms with van der Waals surface area (Å²) in [5.74, 6) is -0.246. The van der Waals surface area contributed by atoms with Crippen LogP contribution in [-0.2, 0) is 11.4 Å². The average Bonchev–Trinajstić information content (AvgIpc) is 3.06. The first-order valence-corrected chi connectivity index (χ1v) is 8.81. The highest BCUT2D eigenvalue weighted by atomic mass is 32.2. The van der Waals surface area contributed by atoms with E-state index in [1.165, 1.54) is 0 Å². The Hall–Kier alpha value is -2.93. The number of halogens is 1. The Kier molecular flexibility index (Phi) is 4.30. The molecule has 1 amide bonds. The summed E-state index contributed by atoms with van der Waals surface area (Å²) < 4.78 is 25.4. The van der Waals surface area contributed by atoms with Gasteiger partial charge in [0.15, 0.2) is 5.82 Å². The van der Waals surface area contributed by atoms with Crippen LogP contribution in [0.4, 0.5) is 15.8 Å². The second kappa shape index (κ2) is 6.76. The van der Waals surface area contributed by atoms with Gasteiger partial charge in [0.1, 0.15) is 24.6 Å². The van der Waals surface area contributed by atoms with E-state index in [0.717, 1.165) is 17.7 Å². The molecule has 0 saturated carbocycles. The molecule has 4 rings (SSSR count). The van der Waals surface area contributed by atoms with Gasteiger partial charge in [0.25, 0.3) is 5.91 Å². The van der Waals surface area contributed by atoms with Crippen LogP contribution >= 0.6 is 12.1 Å². The van der Waals surface area contributed by atoms with Crippen molar-refractivity contribution in [3.63, 3.8) is 0 Å². The van der Waals surface area contributed by atoms with Crippen molar-refractivity contribution in [2.45, 2.75) is 6.61 Å². The molecular weight excluding hydrogens is 353 g/mol. The third-order valence-electron chi connectivity index (χ3n) is 4.08. The molecule has 0 aliphatic carbocycles.